The fraction of sp³-hybridized carbons (Fsp3) is 0.353. The van der Waals surface area contributed by atoms with E-state index in [-0.39, 0.29) is 66.0 Å². The van der Waals surface area contributed by atoms with Gasteiger partial charge in [0.25, 0.3) is 19.2 Å². The van der Waals surface area contributed by atoms with Gasteiger partial charge < -0.3 is 79.2 Å². The molecule has 0 spiro atoms. The summed E-state index contributed by atoms with van der Waals surface area (Å²) in [6.07, 6.45) is 1.40. The number of aliphatic hydroxyl groups excluding tert-OH is 1. The zero-order valence-corrected chi connectivity index (χ0v) is 48.0. The summed E-state index contributed by atoms with van der Waals surface area (Å²) in [4.78, 5) is 118. The van der Waals surface area contributed by atoms with Crippen LogP contribution in [-0.4, -0.2) is 116 Å². The van der Waals surface area contributed by atoms with E-state index in [2.05, 4.69) is 76.6 Å². The van der Waals surface area contributed by atoms with Crippen LogP contribution in [0.2, 0.25) is 0 Å². The smallest absolute Gasteiger partial charge is 0.490 e. The van der Waals surface area contributed by atoms with Crippen LogP contribution >= 0.6 is 78.0 Å². The maximum atomic E-state index is 12.2. The molecule has 6 heterocycles. The molecule has 9 unspecified atom stereocenters. The SMILES string of the molecule is Nc1ncnc2c1ncn2C1CC(OCc2ccccc2[N+](=O)[O-])C(CO)O1.Nc1ncnc2c1ncn2C1CC(OCc2ccccc2[N+](=O)[O-])C(COP(=O)(O)OP(=O)(O)OP(=O)(O)O)O1.O=P(Cl)(Cl)Cl.O=P([O-])([O-])OP(=O)([O-])O. The van der Waals surface area contributed by atoms with Crippen LogP contribution in [-0.2, 0) is 77.0 Å². The number of fused-ring (bicyclic) bond motifs is 2. The highest BCUT2D eigenvalue weighted by Gasteiger charge is 2.44. The summed E-state index contributed by atoms with van der Waals surface area (Å²) in [5.74, 6) is 0.361. The lowest BCUT2D eigenvalue weighted by Crippen LogP contribution is -2.29. The van der Waals surface area contributed by atoms with Crippen molar-refractivity contribution in [1.29, 1.82) is 0 Å². The molecular weight excluding hydrogens is 1300 g/mol. The highest BCUT2D eigenvalue weighted by Crippen LogP contribution is 2.66. The van der Waals surface area contributed by atoms with Gasteiger partial charge in [-0.2, -0.15) is 8.62 Å². The maximum Gasteiger partial charge on any atom is 0.490 e. The minimum absolute atomic E-state index is 0.00806. The Labute approximate surface area is 471 Å². The minimum atomic E-state index is -5.74. The van der Waals surface area contributed by atoms with Crippen molar-refractivity contribution in [3.8, 4) is 0 Å². The number of rotatable bonds is 20. The Balaban J connectivity index is 0.000000252. The van der Waals surface area contributed by atoms with Crippen LogP contribution in [0.15, 0.2) is 73.8 Å². The molecule has 6 aromatic rings. The van der Waals surface area contributed by atoms with Crippen LogP contribution in [0.5, 0.6) is 0 Å². The normalized spacial score (nSPS) is 21.4. The second-order valence-electron chi connectivity index (χ2n) is 15.8. The lowest BCUT2D eigenvalue weighted by molar-refractivity contribution is -0.386. The molecule has 452 valence electrons. The minimum Gasteiger partial charge on any atom is -0.790 e. The van der Waals surface area contributed by atoms with Crippen molar-refractivity contribution in [2.75, 3.05) is 24.7 Å². The number of nitrogens with two attached hydrogens (primary N) is 2. The quantitative estimate of drug-likeness (QED) is 0.0309. The molecule has 10 N–H and O–H groups in total. The number of halogens is 3. The van der Waals surface area contributed by atoms with E-state index >= 15 is 0 Å². The third-order valence-electron chi connectivity index (χ3n) is 10.2. The van der Waals surface area contributed by atoms with E-state index in [4.69, 9.17) is 49.6 Å². The zero-order chi connectivity index (χ0) is 61.2. The molecule has 82 heavy (non-hydrogen) atoms. The molecule has 2 aliphatic heterocycles. The highest BCUT2D eigenvalue weighted by molar-refractivity contribution is 8.24. The number of ether oxygens (including phenoxy) is 4. The monoisotopic (exact) mass is 1340 g/mol. The molecule has 2 aliphatic rings. The number of benzene rings is 2. The number of nitro benzene ring substituents is 2. The number of aliphatic hydroxyl groups is 1. The summed E-state index contributed by atoms with van der Waals surface area (Å²) >= 11 is 13.8. The molecule has 0 aliphatic carbocycles. The van der Waals surface area contributed by atoms with Crippen molar-refractivity contribution >= 4 is 123 Å². The molecule has 0 bridgehead atoms. The van der Waals surface area contributed by atoms with Crippen molar-refractivity contribution in [1.82, 2.24) is 39.0 Å². The van der Waals surface area contributed by atoms with E-state index in [1.807, 2.05) is 0 Å². The second kappa shape index (κ2) is 28.6. The Hall–Kier alpha value is -4.49. The van der Waals surface area contributed by atoms with E-state index in [9.17, 15) is 77.2 Å². The summed E-state index contributed by atoms with van der Waals surface area (Å²) in [6.45, 7) is -1.30. The van der Waals surface area contributed by atoms with Gasteiger partial charge in [0, 0.05) is 25.0 Å². The number of phosphoric ester groups is 1. The van der Waals surface area contributed by atoms with Crippen molar-refractivity contribution in [2.45, 2.75) is 62.9 Å². The Morgan fingerprint density at radius 3 is 1.43 bits per heavy atom. The molecule has 0 radical (unpaired) electrons. The van der Waals surface area contributed by atoms with Crippen LogP contribution in [0.3, 0.4) is 0 Å². The number of aromatic nitrogens is 8. The van der Waals surface area contributed by atoms with Crippen LogP contribution in [0.4, 0.5) is 23.0 Å². The van der Waals surface area contributed by atoms with Gasteiger partial charge in [0.2, 0.25) is 0 Å². The van der Waals surface area contributed by atoms with E-state index < -0.39 is 97.6 Å². The average Bonchev–Trinajstić information content (AvgIpc) is 4.37. The fourth-order valence-electron chi connectivity index (χ4n) is 7.18. The van der Waals surface area contributed by atoms with Gasteiger partial charge in [-0.1, -0.05) is 24.3 Å². The van der Waals surface area contributed by atoms with E-state index in [0.29, 0.717) is 23.1 Å². The molecule has 8 rings (SSSR count). The number of nitrogens with zero attached hydrogens (tertiary/aromatic N) is 10. The Morgan fingerprint density at radius 1 is 0.634 bits per heavy atom. The number of para-hydroxylation sites is 2. The second-order valence-corrected chi connectivity index (χ2v) is 29.4. The zero-order valence-electron chi connectivity index (χ0n) is 40.3. The number of nitrogen functional groups attached to an aromatic ring is 2. The maximum absolute atomic E-state index is 12.2. The fourth-order valence-corrected chi connectivity index (χ4v) is 11.2. The molecule has 9 atom stereocenters. The molecule has 48 heteroatoms. The number of hydrogen-bond acceptors (Lipinski definition) is 30. The average molecular weight is 1340 g/mol. The van der Waals surface area contributed by atoms with Crippen LogP contribution in [0.1, 0.15) is 36.4 Å². The van der Waals surface area contributed by atoms with Gasteiger partial charge in [0.15, 0.2) is 22.9 Å². The summed E-state index contributed by atoms with van der Waals surface area (Å²) < 4.78 is 104. The number of imidazole rings is 2. The number of hydrogen-bond donors (Lipinski definition) is 8. The predicted molar refractivity (Wildman–Crippen MR) is 270 cm³/mol. The third-order valence-corrected chi connectivity index (χ3v) is 15.7. The first-order valence-electron chi connectivity index (χ1n) is 21.6. The summed E-state index contributed by atoms with van der Waals surface area (Å²) in [6, 6.07) is 12.2. The van der Waals surface area contributed by atoms with Gasteiger partial charge >= 0.3 is 28.7 Å². The van der Waals surface area contributed by atoms with Gasteiger partial charge in [0.1, 0.15) is 48.4 Å². The van der Waals surface area contributed by atoms with E-state index in [0.717, 1.165) is 0 Å². The lowest BCUT2D eigenvalue weighted by Gasteiger charge is -2.32. The van der Waals surface area contributed by atoms with E-state index in [1.165, 1.54) is 47.8 Å². The summed E-state index contributed by atoms with van der Waals surface area (Å²) in [5.41, 5.74) is 13.6. The largest absolute Gasteiger partial charge is 0.790 e. The van der Waals surface area contributed by atoms with Crippen molar-refractivity contribution in [3.05, 3.63) is 105 Å². The molecule has 0 saturated carbocycles. The molecule has 2 aromatic carbocycles. The van der Waals surface area contributed by atoms with Crippen LogP contribution in [0.25, 0.3) is 22.3 Å². The summed E-state index contributed by atoms with van der Waals surface area (Å²) in [5, 5.41) is 28.9. The molecule has 39 nitrogen and oxygen atoms in total. The molecule has 2 saturated heterocycles. The molecule has 0 amide bonds. The highest BCUT2D eigenvalue weighted by atomic mass is 36.0. The lowest BCUT2D eigenvalue weighted by atomic mass is 10.1. The summed E-state index contributed by atoms with van der Waals surface area (Å²) in [7, 11) is -27.8. The van der Waals surface area contributed by atoms with Crippen LogP contribution in [0, 0.1) is 20.2 Å². The first-order valence-corrected chi connectivity index (χ1v) is 33.5. The van der Waals surface area contributed by atoms with Crippen molar-refractivity contribution < 1.29 is 118 Å². The van der Waals surface area contributed by atoms with E-state index in [1.54, 1.807) is 35.2 Å². The first kappa shape index (κ1) is 68.3. The molecule has 2 fully saturated rings. The molecular formula is C34H40Cl3N12O27P6-3. The van der Waals surface area contributed by atoms with Crippen LogP contribution < -0.4 is 26.1 Å². The van der Waals surface area contributed by atoms with Gasteiger partial charge in [-0.3, -0.25) is 47.3 Å². The van der Waals surface area contributed by atoms with Gasteiger partial charge in [0.05, 0.1) is 80.1 Å². The third kappa shape index (κ3) is 21.5. The Kier molecular flexibility index (Phi) is 23.8. The van der Waals surface area contributed by atoms with Gasteiger partial charge in [-0.05, 0) is 45.9 Å². The van der Waals surface area contributed by atoms with Gasteiger partial charge in [-0.25, -0.2) is 43.6 Å². The predicted octanol–water partition coefficient (Wildman–Crippen LogP) is 2.82. The molecule has 4 aromatic heterocycles. The standard InChI is InChI=1S/C17H21N6O14P3.C17H18N6O5.Cl3OP.H4O7P2/c18-16-15-17(20-8-19-16)22(9-21-15)14-5-12(33-6-10-3-1-2-4-11(10)23(24)25)13(35-14)7-34-39(29,30)37-40(31,32)36-38(26,27)28;18-16-15-17(20-8-19-16)22(9-21-15)14-5-12(13(6-24)28-14)27-7-10-3-1-2-4-11(10)23(25)26;1-5(2,3)4;1-8(2,3)7-9(4,5)6/h1-4,8-9,12-14H,5-7H2,(H,29,30)(H,31,32)(H2,18,19,20)(H2,26,27,28);1-4,8-9,12-14,24H,5-7H2,(H2,18,19,20);;(H2,1,2,3)(H2,4,5,6)/p-3. The number of nitro groups is 2. The first-order chi connectivity index (χ1) is 37.9. The number of phosphoric acid groups is 5. The van der Waals surface area contributed by atoms with Gasteiger partial charge in [-0.15, -0.1) is 0 Å². The topological polar surface area (TPSA) is 592 Å². The Bertz CT molecular complexity index is 3490. The number of anilines is 2. The Morgan fingerprint density at radius 2 is 1.05 bits per heavy atom. The van der Waals surface area contributed by atoms with Crippen molar-refractivity contribution in [2.24, 2.45) is 0 Å². The van der Waals surface area contributed by atoms with Crippen molar-refractivity contribution in [3.63, 3.8) is 0 Å².